The summed E-state index contributed by atoms with van der Waals surface area (Å²) in [5.74, 6) is 0.470. The molecule has 2 heterocycles. The van der Waals surface area contributed by atoms with Crippen LogP contribution < -0.4 is 0 Å². The summed E-state index contributed by atoms with van der Waals surface area (Å²) in [5, 5.41) is 0. The molecular weight excluding hydrogens is 239 g/mol. The van der Waals surface area contributed by atoms with Crippen molar-refractivity contribution in [2.45, 2.75) is 46.5 Å². The van der Waals surface area contributed by atoms with Crippen molar-refractivity contribution in [3.63, 3.8) is 0 Å². The quantitative estimate of drug-likeness (QED) is 0.797. The van der Waals surface area contributed by atoms with E-state index in [1.165, 1.54) is 24.6 Å². The van der Waals surface area contributed by atoms with Gasteiger partial charge in [-0.15, -0.1) is 0 Å². The fourth-order valence-corrected chi connectivity index (χ4v) is 3.13. The molecule has 19 heavy (non-hydrogen) atoms. The van der Waals surface area contributed by atoms with E-state index in [0.717, 1.165) is 24.2 Å². The van der Waals surface area contributed by atoms with Crippen LogP contribution in [0.5, 0.6) is 0 Å². The van der Waals surface area contributed by atoms with Gasteiger partial charge in [0.15, 0.2) is 0 Å². The van der Waals surface area contributed by atoms with Gasteiger partial charge in [0, 0.05) is 11.9 Å². The van der Waals surface area contributed by atoms with E-state index in [9.17, 15) is 4.39 Å². The molecule has 1 unspecified atom stereocenters. The van der Waals surface area contributed by atoms with E-state index in [2.05, 4.69) is 25.8 Å². The van der Waals surface area contributed by atoms with Crippen molar-refractivity contribution < 1.29 is 4.39 Å². The molecule has 0 N–H and O–H groups in total. The van der Waals surface area contributed by atoms with Crippen molar-refractivity contribution in [2.24, 2.45) is 11.3 Å². The van der Waals surface area contributed by atoms with Crippen LogP contribution in [0.2, 0.25) is 0 Å². The summed E-state index contributed by atoms with van der Waals surface area (Å²) in [6.07, 6.45) is 5.98. The number of rotatable bonds is 2. The van der Waals surface area contributed by atoms with Crippen molar-refractivity contribution in [1.29, 1.82) is 0 Å². The molecule has 0 fully saturated rings. The Morgan fingerprint density at radius 2 is 2.21 bits per heavy atom. The number of nitrogens with zero attached hydrogens (tertiary/aromatic N) is 2. The summed E-state index contributed by atoms with van der Waals surface area (Å²) in [4.78, 5) is 4.63. The lowest BCUT2D eigenvalue weighted by Crippen LogP contribution is -2.29. The van der Waals surface area contributed by atoms with Crippen LogP contribution in [0.15, 0.2) is 18.3 Å². The lowest BCUT2D eigenvalue weighted by atomic mass is 9.70. The summed E-state index contributed by atoms with van der Waals surface area (Å²) in [6.45, 7) is 6.93. The highest BCUT2D eigenvalue weighted by Crippen LogP contribution is 2.39. The molecule has 0 spiro atoms. The third-order valence-electron chi connectivity index (χ3n) is 4.95. The van der Waals surface area contributed by atoms with E-state index >= 15 is 0 Å². The first-order valence-electron chi connectivity index (χ1n) is 7.16. The molecule has 0 saturated carbocycles. The van der Waals surface area contributed by atoms with Crippen molar-refractivity contribution in [3.05, 3.63) is 35.5 Å². The molecule has 0 saturated heterocycles. The largest absolute Gasteiger partial charge is 0.301 e. The van der Waals surface area contributed by atoms with Gasteiger partial charge in [-0.3, -0.25) is 0 Å². The second kappa shape index (κ2) is 4.32. The molecule has 0 bridgehead atoms. The molecule has 0 aliphatic heterocycles. The van der Waals surface area contributed by atoms with Gasteiger partial charge < -0.3 is 4.40 Å². The Hall–Kier alpha value is -1.38. The summed E-state index contributed by atoms with van der Waals surface area (Å²) in [6, 6.07) is 3.26. The molecule has 1 atom stereocenters. The number of aryl methyl sites for hydroxylation is 1. The van der Waals surface area contributed by atoms with Crippen molar-refractivity contribution in [3.8, 4) is 0 Å². The molecule has 102 valence electrons. The van der Waals surface area contributed by atoms with E-state index in [1.807, 2.05) is 4.40 Å². The van der Waals surface area contributed by atoms with Crippen LogP contribution in [0.1, 0.15) is 45.0 Å². The van der Waals surface area contributed by atoms with Gasteiger partial charge in [-0.1, -0.05) is 27.2 Å². The lowest BCUT2D eigenvalue weighted by molar-refractivity contribution is 0.180. The van der Waals surface area contributed by atoms with Gasteiger partial charge in [0.1, 0.15) is 11.5 Å². The van der Waals surface area contributed by atoms with Crippen LogP contribution in [0, 0.1) is 17.2 Å². The lowest BCUT2D eigenvalue weighted by Gasteiger charge is -2.36. The first-order valence-corrected chi connectivity index (χ1v) is 7.16. The zero-order valence-corrected chi connectivity index (χ0v) is 11.9. The number of pyridine rings is 1. The molecule has 2 aromatic rings. The standard InChI is InChI=1S/C16H21FN2/c1-4-16(2,3)11-5-7-13-14(9-11)19-10-12(17)6-8-15(19)18-13/h6,8,10-11H,4-5,7,9H2,1-3H3. The third kappa shape index (κ3) is 2.05. The summed E-state index contributed by atoms with van der Waals surface area (Å²) < 4.78 is 15.4. The second-order valence-electron chi connectivity index (χ2n) is 6.36. The zero-order valence-electron chi connectivity index (χ0n) is 11.9. The smallest absolute Gasteiger partial charge is 0.139 e. The van der Waals surface area contributed by atoms with Crippen LogP contribution in [-0.4, -0.2) is 9.38 Å². The fourth-order valence-electron chi connectivity index (χ4n) is 3.13. The molecule has 3 heteroatoms. The van der Waals surface area contributed by atoms with E-state index in [0.29, 0.717) is 11.3 Å². The normalized spacial score (nSPS) is 19.7. The SMILES string of the molecule is CCC(C)(C)C1CCc2nc3ccc(F)cn3c2C1. The molecule has 3 rings (SSSR count). The van der Waals surface area contributed by atoms with Crippen LogP contribution in [0.4, 0.5) is 4.39 Å². The minimum absolute atomic E-state index is 0.190. The maximum absolute atomic E-state index is 13.4. The molecule has 0 aromatic carbocycles. The Morgan fingerprint density at radius 1 is 1.42 bits per heavy atom. The number of halogens is 1. The van der Waals surface area contributed by atoms with Gasteiger partial charge in [0.25, 0.3) is 0 Å². The zero-order chi connectivity index (χ0) is 13.6. The molecule has 2 nitrogen and oxygen atoms in total. The Morgan fingerprint density at radius 3 is 2.95 bits per heavy atom. The van der Waals surface area contributed by atoms with Gasteiger partial charge in [0.05, 0.1) is 5.69 Å². The van der Waals surface area contributed by atoms with E-state index in [4.69, 9.17) is 0 Å². The number of imidazole rings is 1. The summed E-state index contributed by atoms with van der Waals surface area (Å²) >= 11 is 0. The summed E-state index contributed by atoms with van der Waals surface area (Å²) in [7, 11) is 0. The van der Waals surface area contributed by atoms with Crippen LogP contribution in [-0.2, 0) is 12.8 Å². The monoisotopic (exact) mass is 260 g/mol. The van der Waals surface area contributed by atoms with E-state index in [-0.39, 0.29) is 5.82 Å². The molecule has 0 amide bonds. The first-order chi connectivity index (χ1) is 9.01. The second-order valence-corrected chi connectivity index (χ2v) is 6.36. The van der Waals surface area contributed by atoms with E-state index < -0.39 is 0 Å². The minimum atomic E-state index is -0.190. The number of aromatic nitrogens is 2. The molecule has 1 aliphatic carbocycles. The average molecular weight is 260 g/mol. The molecule has 2 aromatic heterocycles. The molecule has 1 aliphatic rings. The van der Waals surface area contributed by atoms with Crippen LogP contribution in [0.25, 0.3) is 5.65 Å². The number of hydrogen-bond donors (Lipinski definition) is 0. The predicted octanol–water partition coefficient (Wildman–Crippen LogP) is 4.01. The predicted molar refractivity (Wildman–Crippen MR) is 74.7 cm³/mol. The maximum Gasteiger partial charge on any atom is 0.139 e. The maximum atomic E-state index is 13.4. The van der Waals surface area contributed by atoms with Crippen LogP contribution >= 0.6 is 0 Å². The highest BCUT2D eigenvalue weighted by atomic mass is 19.1. The minimum Gasteiger partial charge on any atom is -0.301 e. The van der Waals surface area contributed by atoms with Crippen molar-refractivity contribution in [1.82, 2.24) is 9.38 Å². The highest BCUT2D eigenvalue weighted by Gasteiger charge is 2.33. The Labute approximate surface area is 113 Å². The van der Waals surface area contributed by atoms with Gasteiger partial charge in [-0.2, -0.15) is 0 Å². The van der Waals surface area contributed by atoms with Gasteiger partial charge in [0.2, 0.25) is 0 Å². The number of fused-ring (bicyclic) bond motifs is 3. The topological polar surface area (TPSA) is 17.3 Å². The Balaban J connectivity index is 2.04. The van der Waals surface area contributed by atoms with Gasteiger partial charge in [-0.05, 0) is 42.7 Å². The van der Waals surface area contributed by atoms with Gasteiger partial charge in [-0.25, -0.2) is 9.37 Å². The molecular formula is C16H21FN2. The Bertz CT molecular complexity index is 612. The third-order valence-corrected chi connectivity index (χ3v) is 4.95. The van der Waals surface area contributed by atoms with Gasteiger partial charge >= 0.3 is 0 Å². The highest BCUT2D eigenvalue weighted by molar-refractivity contribution is 5.44. The average Bonchev–Trinajstić information content (AvgIpc) is 2.76. The van der Waals surface area contributed by atoms with Crippen molar-refractivity contribution >= 4 is 5.65 Å². The first kappa shape index (κ1) is 12.6. The Kier molecular flexibility index (Phi) is 2.88. The van der Waals surface area contributed by atoms with Crippen molar-refractivity contribution in [2.75, 3.05) is 0 Å². The van der Waals surface area contributed by atoms with E-state index in [1.54, 1.807) is 12.3 Å². The summed E-state index contributed by atoms with van der Waals surface area (Å²) in [5.41, 5.74) is 3.59. The molecule has 0 radical (unpaired) electrons. The number of hydrogen-bond acceptors (Lipinski definition) is 1. The van der Waals surface area contributed by atoms with Crippen LogP contribution in [0.3, 0.4) is 0 Å². The fraction of sp³-hybridized carbons (Fsp3) is 0.562.